The Balaban J connectivity index is 2.08. The molecule has 0 saturated heterocycles. The van der Waals surface area contributed by atoms with Gasteiger partial charge in [-0.3, -0.25) is 9.80 Å². The van der Waals surface area contributed by atoms with Gasteiger partial charge in [-0.2, -0.15) is 5.10 Å². The Hall–Kier alpha value is -2.04. The molecule has 6 heteroatoms. The molecular formula is C19H18Cl2N2O2. The first-order chi connectivity index (χ1) is 11.9. The minimum Gasteiger partial charge on any atom is -0.497 e. The molecule has 0 aromatic heterocycles. The lowest BCUT2D eigenvalue weighted by molar-refractivity contribution is -0.111. The molecule has 4 nitrogen and oxygen atoms in total. The number of benzene rings is 2. The summed E-state index contributed by atoms with van der Waals surface area (Å²) < 4.78 is 5.23. The van der Waals surface area contributed by atoms with Crippen LogP contribution in [0.25, 0.3) is 0 Å². The Morgan fingerprint density at radius 3 is 2.40 bits per heavy atom. The van der Waals surface area contributed by atoms with E-state index >= 15 is 0 Å². The number of carbonyl (C=O) groups excluding carboxylic acids is 1. The van der Waals surface area contributed by atoms with Crippen LogP contribution in [-0.4, -0.2) is 18.6 Å². The Labute approximate surface area is 157 Å². The molecule has 0 saturated carbocycles. The van der Waals surface area contributed by atoms with E-state index in [1.165, 1.54) is 6.92 Å². The van der Waals surface area contributed by atoms with Gasteiger partial charge in [0, 0.05) is 17.9 Å². The maximum absolute atomic E-state index is 12.0. The zero-order valence-electron chi connectivity index (χ0n) is 14.2. The first kappa shape index (κ1) is 17.8. The molecule has 0 bridgehead atoms. The topological polar surface area (TPSA) is 41.9 Å². The number of halogens is 2. The standard InChI is InChI=1S/C19H18Cl2N2O2/c1-11-18(12(2)24)22-23(17-9-6-14(20)10-16(17)21)19(11)13-4-7-15(25-3)8-5-13/h4-11,19H,1-3H3/t11-,19+/m1/s1. The molecule has 2 aromatic carbocycles. The van der Waals surface area contributed by atoms with E-state index in [-0.39, 0.29) is 17.7 Å². The van der Waals surface area contributed by atoms with Crippen LogP contribution in [0.4, 0.5) is 5.69 Å². The van der Waals surface area contributed by atoms with Crippen LogP contribution in [-0.2, 0) is 4.79 Å². The number of hydrogen-bond acceptors (Lipinski definition) is 4. The molecule has 0 amide bonds. The molecule has 1 heterocycles. The zero-order valence-corrected chi connectivity index (χ0v) is 15.7. The first-order valence-corrected chi connectivity index (χ1v) is 8.65. The van der Waals surface area contributed by atoms with Crippen molar-refractivity contribution < 1.29 is 9.53 Å². The molecular weight excluding hydrogens is 359 g/mol. The van der Waals surface area contributed by atoms with E-state index in [1.54, 1.807) is 19.2 Å². The number of hydrazone groups is 1. The molecule has 130 valence electrons. The summed E-state index contributed by atoms with van der Waals surface area (Å²) in [5, 5.41) is 7.42. The van der Waals surface area contributed by atoms with E-state index in [4.69, 9.17) is 27.9 Å². The average molecular weight is 377 g/mol. The highest BCUT2D eigenvalue weighted by molar-refractivity contribution is 6.41. The number of carbonyl (C=O) groups is 1. The maximum atomic E-state index is 12.0. The summed E-state index contributed by atoms with van der Waals surface area (Å²) in [4.78, 5) is 12.0. The second-order valence-corrected chi connectivity index (χ2v) is 6.83. The number of nitrogens with zero attached hydrogens (tertiary/aromatic N) is 2. The van der Waals surface area contributed by atoms with Gasteiger partial charge in [0.05, 0.1) is 23.9 Å². The highest BCUT2D eigenvalue weighted by Crippen LogP contribution is 2.42. The van der Waals surface area contributed by atoms with Gasteiger partial charge < -0.3 is 4.74 Å². The average Bonchev–Trinajstić information content (AvgIpc) is 2.92. The summed E-state index contributed by atoms with van der Waals surface area (Å²) in [5.41, 5.74) is 2.28. The van der Waals surface area contributed by atoms with Crippen LogP contribution in [0.5, 0.6) is 5.75 Å². The monoisotopic (exact) mass is 376 g/mol. The zero-order chi connectivity index (χ0) is 18.1. The molecule has 2 atom stereocenters. The van der Waals surface area contributed by atoms with Crippen molar-refractivity contribution in [2.45, 2.75) is 19.9 Å². The van der Waals surface area contributed by atoms with Crippen molar-refractivity contribution in [2.75, 3.05) is 12.1 Å². The molecule has 0 spiro atoms. The van der Waals surface area contributed by atoms with Gasteiger partial charge in [-0.1, -0.05) is 42.3 Å². The Bertz CT molecular complexity index is 834. The largest absolute Gasteiger partial charge is 0.497 e. The van der Waals surface area contributed by atoms with Crippen molar-refractivity contribution in [3.63, 3.8) is 0 Å². The summed E-state index contributed by atoms with van der Waals surface area (Å²) in [7, 11) is 1.63. The summed E-state index contributed by atoms with van der Waals surface area (Å²) in [6.07, 6.45) is 0. The Morgan fingerprint density at radius 1 is 1.16 bits per heavy atom. The van der Waals surface area contributed by atoms with Gasteiger partial charge in [0.15, 0.2) is 5.78 Å². The van der Waals surface area contributed by atoms with Crippen LogP contribution in [0.3, 0.4) is 0 Å². The van der Waals surface area contributed by atoms with E-state index < -0.39 is 0 Å². The lowest BCUT2D eigenvalue weighted by Gasteiger charge is -2.27. The van der Waals surface area contributed by atoms with Crippen molar-refractivity contribution in [3.05, 3.63) is 58.1 Å². The second kappa shape index (κ2) is 7.06. The number of rotatable bonds is 4. The SMILES string of the molecule is COc1ccc([C@@H]2[C@H](C)C(C(C)=O)=NN2c2ccc(Cl)cc2Cl)cc1. The molecule has 0 unspecified atom stereocenters. The number of ketones is 1. The van der Waals surface area contributed by atoms with Gasteiger partial charge in [0.2, 0.25) is 0 Å². The van der Waals surface area contributed by atoms with E-state index in [0.29, 0.717) is 15.8 Å². The van der Waals surface area contributed by atoms with Crippen molar-refractivity contribution in [3.8, 4) is 5.75 Å². The van der Waals surface area contributed by atoms with Crippen molar-refractivity contribution in [1.82, 2.24) is 0 Å². The second-order valence-electron chi connectivity index (χ2n) is 5.99. The third-order valence-electron chi connectivity index (χ3n) is 4.36. The van der Waals surface area contributed by atoms with Gasteiger partial charge in [-0.15, -0.1) is 0 Å². The van der Waals surface area contributed by atoms with Crippen molar-refractivity contribution >= 4 is 40.4 Å². The third kappa shape index (κ3) is 3.37. The fraction of sp³-hybridized carbons (Fsp3) is 0.263. The fourth-order valence-corrected chi connectivity index (χ4v) is 3.62. The quantitative estimate of drug-likeness (QED) is 0.741. The van der Waals surface area contributed by atoms with Gasteiger partial charge in [-0.25, -0.2) is 0 Å². The van der Waals surface area contributed by atoms with Crippen LogP contribution in [0.1, 0.15) is 25.5 Å². The predicted molar refractivity (Wildman–Crippen MR) is 102 cm³/mol. The predicted octanol–water partition coefficient (Wildman–Crippen LogP) is 5.14. The van der Waals surface area contributed by atoms with Crippen molar-refractivity contribution in [2.24, 2.45) is 11.0 Å². The third-order valence-corrected chi connectivity index (χ3v) is 4.90. The normalized spacial score (nSPS) is 19.7. The van der Waals surface area contributed by atoms with Crippen LogP contribution < -0.4 is 9.75 Å². The summed E-state index contributed by atoms with van der Waals surface area (Å²) in [6.45, 7) is 3.53. The Morgan fingerprint density at radius 2 is 1.84 bits per heavy atom. The van der Waals surface area contributed by atoms with Crippen LogP contribution in [0, 0.1) is 5.92 Å². The molecule has 0 radical (unpaired) electrons. The number of Topliss-reactive ketones (excluding diaryl/α,β-unsaturated/α-hetero) is 1. The summed E-state index contributed by atoms with van der Waals surface area (Å²) in [6, 6.07) is 12.9. The van der Waals surface area contributed by atoms with Crippen molar-refractivity contribution in [1.29, 1.82) is 0 Å². The number of anilines is 1. The number of hydrogen-bond donors (Lipinski definition) is 0. The molecule has 25 heavy (non-hydrogen) atoms. The lowest BCUT2D eigenvalue weighted by Crippen LogP contribution is -2.25. The minimum atomic E-state index is -0.136. The van der Waals surface area contributed by atoms with E-state index in [2.05, 4.69) is 5.10 Å². The van der Waals surface area contributed by atoms with Crippen LogP contribution >= 0.6 is 23.2 Å². The summed E-state index contributed by atoms with van der Waals surface area (Å²) >= 11 is 12.4. The minimum absolute atomic E-state index is 0.0430. The van der Waals surface area contributed by atoms with Gasteiger partial charge >= 0.3 is 0 Å². The molecule has 3 rings (SSSR count). The highest BCUT2D eigenvalue weighted by Gasteiger charge is 2.38. The number of methoxy groups -OCH3 is 1. The Kier molecular flexibility index (Phi) is 5.02. The molecule has 0 aliphatic carbocycles. The molecule has 0 N–H and O–H groups in total. The van der Waals surface area contributed by atoms with E-state index in [9.17, 15) is 4.79 Å². The van der Waals surface area contributed by atoms with Crippen LogP contribution in [0.15, 0.2) is 47.6 Å². The van der Waals surface area contributed by atoms with E-state index in [1.807, 2.05) is 42.3 Å². The summed E-state index contributed by atoms with van der Waals surface area (Å²) in [5.74, 6) is 0.662. The van der Waals surface area contributed by atoms with Gasteiger partial charge in [-0.05, 0) is 35.9 Å². The molecule has 2 aromatic rings. The number of ether oxygens (including phenoxy) is 1. The first-order valence-electron chi connectivity index (χ1n) is 7.90. The highest BCUT2D eigenvalue weighted by atomic mass is 35.5. The lowest BCUT2D eigenvalue weighted by atomic mass is 9.90. The van der Waals surface area contributed by atoms with Gasteiger partial charge in [0.1, 0.15) is 11.5 Å². The van der Waals surface area contributed by atoms with Crippen LogP contribution in [0.2, 0.25) is 10.0 Å². The molecule has 1 aliphatic rings. The van der Waals surface area contributed by atoms with Gasteiger partial charge in [0.25, 0.3) is 0 Å². The fourth-order valence-electron chi connectivity index (χ4n) is 3.12. The molecule has 1 aliphatic heterocycles. The van der Waals surface area contributed by atoms with E-state index in [0.717, 1.165) is 17.0 Å². The smallest absolute Gasteiger partial charge is 0.176 e. The molecule has 0 fully saturated rings. The maximum Gasteiger partial charge on any atom is 0.176 e.